The van der Waals surface area contributed by atoms with Gasteiger partial charge in [0.2, 0.25) is 5.91 Å². The summed E-state index contributed by atoms with van der Waals surface area (Å²) in [5.41, 5.74) is 7.53. The first kappa shape index (κ1) is 15.8. The van der Waals surface area contributed by atoms with Crippen LogP contribution in [0.5, 0.6) is 0 Å². The van der Waals surface area contributed by atoms with Gasteiger partial charge in [0.1, 0.15) is 5.82 Å². The molecule has 3 aliphatic rings. The maximum atomic E-state index is 14.0. The Morgan fingerprint density at radius 3 is 2.67 bits per heavy atom. The first-order valence-corrected chi connectivity index (χ1v) is 8.81. The Morgan fingerprint density at radius 1 is 1.21 bits per heavy atom. The zero-order valence-electron chi connectivity index (χ0n) is 13.7. The molecule has 1 aliphatic heterocycles. The van der Waals surface area contributed by atoms with E-state index < -0.39 is 0 Å². The van der Waals surface area contributed by atoms with E-state index in [9.17, 15) is 9.18 Å². The van der Waals surface area contributed by atoms with Crippen molar-refractivity contribution < 1.29 is 13.9 Å². The van der Waals surface area contributed by atoms with Crippen molar-refractivity contribution in [2.75, 3.05) is 36.5 Å². The van der Waals surface area contributed by atoms with Crippen molar-refractivity contribution in [1.29, 1.82) is 0 Å². The van der Waals surface area contributed by atoms with E-state index in [-0.39, 0.29) is 23.7 Å². The molecule has 24 heavy (non-hydrogen) atoms. The Hall–Kier alpha value is -1.66. The minimum Gasteiger partial charge on any atom is -0.378 e. The van der Waals surface area contributed by atoms with Crippen LogP contribution in [0, 0.1) is 23.6 Å². The highest BCUT2D eigenvalue weighted by atomic mass is 19.1. The summed E-state index contributed by atoms with van der Waals surface area (Å²) in [6.45, 7) is 2.73. The molecular formula is C18H24FN3O2. The van der Waals surface area contributed by atoms with Crippen LogP contribution >= 0.6 is 0 Å². The lowest BCUT2D eigenvalue weighted by atomic mass is 9.84. The third-order valence-corrected chi connectivity index (χ3v) is 5.81. The van der Waals surface area contributed by atoms with E-state index in [4.69, 9.17) is 10.5 Å². The minimum absolute atomic E-state index is 0.0592. The van der Waals surface area contributed by atoms with Crippen LogP contribution in [0.2, 0.25) is 0 Å². The summed E-state index contributed by atoms with van der Waals surface area (Å²) >= 11 is 0. The molecule has 4 unspecified atom stereocenters. The molecular weight excluding hydrogens is 309 g/mol. The largest absolute Gasteiger partial charge is 0.378 e. The number of anilines is 2. The van der Waals surface area contributed by atoms with E-state index in [2.05, 4.69) is 10.2 Å². The summed E-state index contributed by atoms with van der Waals surface area (Å²) in [7, 11) is 0. The second-order valence-corrected chi connectivity index (χ2v) is 7.22. The highest BCUT2D eigenvalue weighted by molar-refractivity contribution is 5.94. The molecule has 6 heteroatoms. The summed E-state index contributed by atoms with van der Waals surface area (Å²) in [5, 5.41) is 2.90. The molecule has 2 saturated carbocycles. The summed E-state index contributed by atoms with van der Waals surface area (Å²) in [5.74, 6) is 0.318. The molecule has 4 rings (SSSR count). The zero-order chi connectivity index (χ0) is 16.7. The lowest BCUT2D eigenvalue weighted by Gasteiger charge is -2.30. The number of amides is 1. The van der Waals surface area contributed by atoms with Crippen LogP contribution in [0.4, 0.5) is 15.8 Å². The third kappa shape index (κ3) is 2.89. The molecule has 1 heterocycles. The van der Waals surface area contributed by atoms with E-state index in [1.54, 1.807) is 0 Å². The fourth-order valence-corrected chi connectivity index (χ4v) is 4.60. The number of benzene rings is 1. The molecule has 4 atom stereocenters. The fourth-order valence-electron chi connectivity index (χ4n) is 4.60. The summed E-state index contributed by atoms with van der Waals surface area (Å²) in [6, 6.07) is 4.66. The van der Waals surface area contributed by atoms with Crippen LogP contribution in [-0.4, -0.2) is 38.3 Å². The van der Waals surface area contributed by atoms with E-state index in [1.165, 1.54) is 12.1 Å². The summed E-state index contributed by atoms with van der Waals surface area (Å²) in [4.78, 5) is 14.7. The lowest BCUT2D eigenvalue weighted by Crippen LogP contribution is -2.42. The number of nitrogens with one attached hydrogen (secondary N) is 1. The number of carbonyl (C=O) groups excluding carboxylic acids is 1. The molecule has 1 amide bonds. The van der Waals surface area contributed by atoms with Crippen molar-refractivity contribution in [3.8, 4) is 0 Å². The molecule has 1 aromatic rings. The average molecular weight is 333 g/mol. The van der Waals surface area contributed by atoms with Crippen LogP contribution in [0.1, 0.15) is 19.3 Å². The SMILES string of the molecule is NC1C2CCC(C2)C1C(=O)Nc1cc(F)cc(N2CCOCC2)c1. The van der Waals surface area contributed by atoms with Crippen molar-refractivity contribution in [3.05, 3.63) is 24.0 Å². The highest BCUT2D eigenvalue weighted by Crippen LogP contribution is 2.48. The van der Waals surface area contributed by atoms with Gasteiger partial charge in [-0.3, -0.25) is 4.79 Å². The van der Waals surface area contributed by atoms with Gasteiger partial charge in [0.15, 0.2) is 0 Å². The highest BCUT2D eigenvalue weighted by Gasteiger charge is 2.49. The fraction of sp³-hybridized carbons (Fsp3) is 0.611. The standard InChI is InChI=1S/C18H24FN3O2/c19-13-8-14(10-15(9-13)22-3-5-24-6-4-22)21-18(23)16-11-1-2-12(7-11)17(16)20/h8-12,16-17H,1-7,20H2,(H,21,23). The zero-order valence-corrected chi connectivity index (χ0v) is 13.7. The Kier molecular flexibility index (Phi) is 4.18. The van der Waals surface area contributed by atoms with E-state index in [1.807, 2.05) is 6.07 Å². The van der Waals surface area contributed by atoms with Gasteiger partial charge in [0.25, 0.3) is 0 Å². The molecule has 0 aromatic heterocycles. The van der Waals surface area contributed by atoms with Gasteiger partial charge in [-0.2, -0.15) is 0 Å². The van der Waals surface area contributed by atoms with Crippen LogP contribution in [-0.2, 0) is 9.53 Å². The quantitative estimate of drug-likeness (QED) is 0.887. The average Bonchev–Trinajstić information content (AvgIpc) is 3.16. The lowest BCUT2D eigenvalue weighted by molar-refractivity contribution is -0.121. The number of hydrogen-bond donors (Lipinski definition) is 2. The molecule has 2 bridgehead atoms. The van der Waals surface area contributed by atoms with Gasteiger partial charge in [0.05, 0.1) is 19.1 Å². The van der Waals surface area contributed by atoms with Gasteiger partial charge >= 0.3 is 0 Å². The number of carbonyl (C=O) groups is 1. The maximum absolute atomic E-state index is 14.0. The second kappa shape index (κ2) is 6.33. The van der Waals surface area contributed by atoms with Gasteiger partial charge in [-0.1, -0.05) is 0 Å². The Labute approximate surface area is 141 Å². The van der Waals surface area contributed by atoms with Gasteiger partial charge in [-0.05, 0) is 49.3 Å². The third-order valence-electron chi connectivity index (χ3n) is 5.81. The first-order chi connectivity index (χ1) is 11.6. The van der Waals surface area contributed by atoms with Crippen LogP contribution in [0.3, 0.4) is 0 Å². The summed E-state index contributed by atoms with van der Waals surface area (Å²) < 4.78 is 19.3. The normalized spacial score (nSPS) is 32.2. The number of halogens is 1. The van der Waals surface area contributed by atoms with Gasteiger partial charge in [0, 0.05) is 30.5 Å². The molecule has 5 nitrogen and oxygen atoms in total. The number of morpholine rings is 1. The van der Waals surface area contributed by atoms with Crippen molar-refractivity contribution in [1.82, 2.24) is 0 Å². The first-order valence-electron chi connectivity index (χ1n) is 8.81. The number of hydrogen-bond acceptors (Lipinski definition) is 4. The monoisotopic (exact) mass is 333 g/mol. The van der Waals surface area contributed by atoms with Gasteiger partial charge in [-0.25, -0.2) is 4.39 Å². The number of nitrogens with zero attached hydrogens (tertiary/aromatic N) is 1. The Morgan fingerprint density at radius 2 is 1.96 bits per heavy atom. The van der Waals surface area contributed by atoms with Gasteiger partial charge < -0.3 is 20.7 Å². The maximum Gasteiger partial charge on any atom is 0.229 e. The topological polar surface area (TPSA) is 67.6 Å². The number of fused-ring (bicyclic) bond motifs is 2. The van der Waals surface area contributed by atoms with E-state index in [0.717, 1.165) is 38.0 Å². The van der Waals surface area contributed by atoms with E-state index in [0.29, 0.717) is 30.7 Å². The van der Waals surface area contributed by atoms with E-state index >= 15 is 0 Å². The number of nitrogens with two attached hydrogens (primary N) is 1. The van der Waals surface area contributed by atoms with Crippen LogP contribution < -0.4 is 16.0 Å². The Bertz CT molecular complexity index is 631. The summed E-state index contributed by atoms with van der Waals surface area (Å²) in [6.07, 6.45) is 3.27. The molecule has 3 fully saturated rings. The predicted molar refractivity (Wildman–Crippen MR) is 90.4 cm³/mol. The molecule has 3 N–H and O–H groups in total. The van der Waals surface area contributed by atoms with Crippen molar-refractivity contribution in [2.24, 2.45) is 23.5 Å². The molecule has 1 saturated heterocycles. The second-order valence-electron chi connectivity index (χ2n) is 7.22. The number of ether oxygens (including phenoxy) is 1. The molecule has 2 aliphatic carbocycles. The van der Waals surface area contributed by atoms with Crippen molar-refractivity contribution >= 4 is 17.3 Å². The van der Waals surface area contributed by atoms with Gasteiger partial charge in [-0.15, -0.1) is 0 Å². The molecule has 0 radical (unpaired) electrons. The molecule has 1 aromatic carbocycles. The molecule has 0 spiro atoms. The van der Waals surface area contributed by atoms with Crippen molar-refractivity contribution in [2.45, 2.75) is 25.3 Å². The molecule has 130 valence electrons. The van der Waals surface area contributed by atoms with Crippen molar-refractivity contribution in [3.63, 3.8) is 0 Å². The van der Waals surface area contributed by atoms with Crippen LogP contribution in [0.15, 0.2) is 18.2 Å². The minimum atomic E-state index is -0.341. The Balaban J connectivity index is 1.49. The smallest absolute Gasteiger partial charge is 0.229 e. The number of rotatable bonds is 3. The predicted octanol–water partition coefficient (Wildman–Crippen LogP) is 1.97. The van der Waals surface area contributed by atoms with Crippen LogP contribution in [0.25, 0.3) is 0 Å².